The number of aliphatic carboxylic acids is 1. The number of carbonyl (C=O) groups is 2. The summed E-state index contributed by atoms with van der Waals surface area (Å²) in [4.78, 5) is 35.0. The zero-order valence-corrected chi connectivity index (χ0v) is 39.4. The zero-order chi connectivity index (χ0) is 47.9. The first-order chi connectivity index (χ1) is 31.2. The van der Waals surface area contributed by atoms with Crippen molar-refractivity contribution in [2.45, 2.75) is 160 Å². The van der Waals surface area contributed by atoms with Crippen LogP contribution in [-0.4, -0.2) is 150 Å². The van der Waals surface area contributed by atoms with Crippen LogP contribution in [0, 0.1) is 68.0 Å². The van der Waals surface area contributed by atoms with Gasteiger partial charge >= 0.3 is 5.97 Å². The number of nitrogens with one attached hydrogen (secondary N) is 2. The molecule has 17 heteroatoms. The highest BCUT2D eigenvalue weighted by atomic mass is 16.7. The highest BCUT2D eigenvalue weighted by Gasteiger charge is 2.74. The van der Waals surface area contributed by atoms with Gasteiger partial charge in [0.1, 0.15) is 18.3 Å². The highest BCUT2D eigenvalue weighted by molar-refractivity contribution is 5.82. The minimum absolute atomic E-state index is 0.0400. The number of carboxylic acids is 1. The van der Waals surface area contributed by atoms with E-state index >= 15 is 0 Å². The van der Waals surface area contributed by atoms with Crippen molar-refractivity contribution in [2.75, 3.05) is 33.0 Å². The Labute approximate surface area is 388 Å². The number of H-pyrrole nitrogens is 1. The molecule has 17 nitrogen and oxygen atoms in total. The van der Waals surface area contributed by atoms with Gasteiger partial charge in [0.05, 0.1) is 55.8 Å². The Bertz CT molecular complexity index is 1960. The molecule has 0 aromatic carbocycles. The number of ether oxygens (including phenoxy) is 2. The summed E-state index contributed by atoms with van der Waals surface area (Å²) < 4.78 is 12.4. The summed E-state index contributed by atoms with van der Waals surface area (Å²) in [7, 11) is 0. The van der Waals surface area contributed by atoms with Crippen LogP contribution in [-0.2, 0) is 19.1 Å². The number of nitrogens with two attached hydrogens (primary N) is 1. The van der Waals surface area contributed by atoms with Crippen molar-refractivity contribution in [2.24, 2.45) is 73.7 Å². The third-order valence-electron chi connectivity index (χ3n) is 20.4. The number of nitrogens with zero attached hydrogens (tertiary/aromatic N) is 1. The molecule has 1 aromatic heterocycles. The number of aromatic amines is 1. The van der Waals surface area contributed by atoms with E-state index in [1.54, 1.807) is 19.4 Å². The predicted molar refractivity (Wildman–Crippen MR) is 239 cm³/mol. The lowest BCUT2D eigenvalue weighted by atomic mass is 9.31. The number of fused-ring (bicyclic) bond motifs is 7. The number of aliphatic hydroxyl groups is 8. The smallest absolute Gasteiger partial charge is 0.310 e. The summed E-state index contributed by atoms with van der Waals surface area (Å²) in [5, 5.41) is 105. The zero-order valence-electron chi connectivity index (χ0n) is 39.4. The van der Waals surface area contributed by atoms with E-state index in [0.717, 1.165) is 11.3 Å². The SMILES string of the molecule is CC1(CO)CCC2(C(=O)O)CCC3(C)C(=CCC4C5(C)C(CC6C(CO)C(=O)NC6C(CCCN)c6cnc[nH]6)C(O)C(OC6OCC(O)C(O)C6O)C(C)(C(O)CO)C5CCC43C)C2C1. The average molecular weight is 931 g/mol. The molecule has 21 atom stereocenters. The van der Waals surface area contributed by atoms with E-state index in [0.29, 0.717) is 70.8 Å². The molecule has 66 heavy (non-hydrogen) atoms. The number of carbonyl (C=O) groups excluding carboxylic acids is 1. The Balaban J connectivity index is 1.29. The van der Waals surface area contributed by atoms with Gasteiger partial charge in [-0.25, -0.2) is 4.98 Å². The van der Waals surface area contributed by atoms with Gasteiger partial charge in [0, 0.05) is 35.9 Å². The molecule has 1 amide bonds. The summed E-state index contributed by atoms with van der Waals surface area (Å²) >= 11 is 0. The number of carboxylic acid groups (broad SMARTS) is 1. The summed E-state index contributed by atoms with van der Waals surface area (Å²) in [5.74, 6) is -4.41. The van der Waals surface area contributed by atoms with Crippen LogP contribution in [0.4, 0.5) is 0 Å². The first kappa shape index (κ1) is 49.9. The van der Waals surface area contributed by atoms with Crippen molar-refractivity contribution in [3.8, 4) is 0 Å². The number of hydrogen-bond donors (Lipinski definition) is 12. The molecule has 21 unspecified atom stereocenters. The second-order valence-corrected chi connectivity index (χ2v) is 23.1. The van der Waals surface area contributed by atoms with Crippen LogP contribution in [0.3, 0.4) is 0 Å². The summed E-state index contributed by atoms with van der Waals surface area (Å²) in [6.45, 7) is 9.49. The van der Waals surface area contributed by atoms with Crippen molar-refractivity contribution in [3.05, 3.63) is 29.9 Å². The summed E-state index contributed by atoms with van der Waals surface area (Å²) in [5.41, 5.74) is 3.32. The number of hydrogen-bond acceptors (Lipinski definition) is 14. The molecule has 0 radical (unpaired) electrons. The summed E-state index contributed by atoms with van der Waals surface area (Å²) in [6, 6.07) is -0.508. The van der Waals surface area contributed by atoms with E-state index in [2.05, 4.69) is 42.1 Å². The van der Waals surface area contributed by atoms with Gasteiger partial charge in [-0.15, -0.1) is 0 Å². The van der Waals surface area contributed by atoms with E-state index < -0.39 is 124 Å². The van der Waals surface area contributed by atoms with Gasteiger partial charge in [-0.05, 0) is 128 Å². The minimum Gasteiger partial charge on any atom is -0.481 e. The molecule has 13 N–H and O–H groups in total. The molecule has 372 valence electrons. The lowest BCUT2D eigenvalue weighted by molar-refractivity contribution is -0.348. The maximum Gasteiger partial charge on any atom is 0.310 e. The standard InChI is InChI=1S/C49H78N4O13/c1-44(23-56)12-14-49(43(63)64)15-13-45(2)28(30(49)18-44)8-9-33-46(45,3)11-10-34-47(33,4)29(17-26-27(20-54)41(62)53-36(26)25(7-6-16-50)31-19-51-24-52-31)37(59)40(48(34,5)35(58)21-55)66-42-39(61)38(60)32(57)22-65-42/h8,19,24-27,29-30,32-40,42,54-61H,6-7,9-18,20-23,50H2,1-5H3,(H,51,52)(H,53,62)(H,63,64). The molecule has 7 aliphatic rings. The summed E-state index contributed by atoms with van der Waals surface area (Å²) in [6.07, 6.45) is 1.04. The molecule has 1 aromatic rings. The molecular weight excluding hydrogens is 853 g/mol. The van der Waals surface area contributed by atoms with Crippen LogP contribution < -0.4 is 11.1 Å². The van der Waals surface area contributed by atoms with E-state index in [4.69, 9.17) is 15.2 Å². The first-order valence-corrected chi connectivity index (χ1v) is 24.6. The maximum atomic E-state index is 14.0. The molecular formula is C49H78N4O13. The predicted octanol–water partition coefficient (Wildman–Crippen LogP) is 1.56. The van der Waals surface area contributed by atoms with Crippen molar-refractivity contribution in [3.63, 3.8) is 0 Å². The largest absolute Gasteiger partial charge is 0.481 e. The second kappa shape index (κ2) is 18.0. The fourth-order valence-electron chi connectivity index (χ4n) is 16.3. The van der Waals surface area contributed by atoms with Crippen molar-refractivity contribution >= 4 is 11.9 Å². The topological polar surface area (TPSA) is 301 Å². The number of amides is 1. The van der Waals surface area contributed by atoms with Gasteiger partial charge < -0.3 is 71.5 Å². The van der Waals surface area contributed by atoms with Gasteiger partial charge in [-0.3, -0.25) is 9.59 Å². The van der Waals surface area contributed by atoms with Gasteiger partial charge in [0.2, 0.25) is 5.91 Å². The lowest BCUT2D eigenvalue weighted by Gasteiger charge is -2.74. The van der Waals surface area contributed by atoms with Crippen LogP contribution in [0.1, 0.15) is 117 Å². The molecule has 2 aliphatic heterocycles. The monoisotopic (exact) mass is 931 g/mol. The van der Waals surface area contributed by atoms with E-state index in [1.807, 2.05) is 6.92 Å². The third-order valence-corrected chi connectivity index (χ3v) is 20.4. The molecule has 0 spiro atoms. The number of rotatable bonds is 14. The van der Waals surface area contributed by atoms with Gasteiger partial charge in [-0.2, -0.15) is 0 Å². The molecule has 3 heterocycles. The first-order valence-electron chi connectivity index (χ1n) is 24.6. The van der Waals surface area contributed by atoms with E-state index in [-0.39, 0.29) is 43.3 Å². The van der Waals surface area contributed by atoms with Crippen LogP contribution >= 0.6 is 0 Å². The third kappa shape index (κ3) is 7.29. The number of aromatic nitrogens is 2. The molecule has 0 bridgehead atoms. The lowest BCUT2D eigenvalue weighted by Crippen LogP contribution is -2.74. The minimum atomic E-state index is -1.71. The number of allylic oxidation sites excluding steroid dienone is 2. The van der Waals surface area contributed by atoms with E-state index in [1.165, 1.54) is 0 Å². The van der Waals surface area contributed by atoms with Crippen LogP contribution in [0.25, 0.3) is 0 Å². The number of aliphatic hydroxyl groups excluding tert-OH is 8. The fraction of sp³-hybridized carbons (Fsp3) is 0.857. The fourth-order valence-corrected chi connectivity index (χ4v) is 16.3. The Morgan fingerprint density at radius 3 is 2.36 bits per heavy atom. The number of imidazole rings is 1. The van der Waals surface area contributed by atoms with Crippen molar-refractivity contribution in [1.29, 1.82) is 0 Å². The molecule has 4 saturated carbocycles. The maximum absolute atomic E-state index is 14.0. The van der Waals surface area contributed by atoms with Crippen LogP contribution in [0.5, 0.6) is 0 Å². The second-order valence-electron chi connectivity index (χ2n) is 23.1. The van der Waals surface area contributed by atoms with Gasteiger partial charge in [-0.1, -0.05) is 46.3 Å². The van der Waals surface area contributed by atoms with Gasteiger partial charge in [0.25, 0.3) is 0 Å². The van der Waals surface area contributed by atoms with Crippen molar-refractivity contribution in [1.82, 2.24) is 15.3 Å². The van der Waals surface area contributed by atoms with Crippen molar-refractivity contribution < 1.29 is 65.0 Å². The molecule has 2 saturated heterocycles. The Morgan fingerprint density at radius 2 is 1.73 bits per heavy atom. The Morgan fingerprint density at radius 1 is 1.00 bits per heavy atom. The van der Waals surface area contributed by atoms with Crippen LogP contribution in [0.2, 0.25) is 0 Å². The molecule has 5 aliphatic carbocycles. The Kier molecular flexibility index (Phi) is 13.6. The highest BCUT2D eigenvalue weighted by Crippen LogP contribution is 2.77. The quantitative estimate of drug-likeness (QED) is 0.0931. The molecule has 6 fully saturated rings. The van der Waals surface area contributed by atoms with Crippen LogP contribution in [0.15, 0.2) is 24.2 Å². The van der Waals surface area contributed by atoms with Gasteiger partial charge in [0.15, 0.2) is 6.29 Å². The average Bonchev–Trinajstić information content (AvgIpc) is 3.94. The molecule has 8 rings (SSSR count). The van der Waals surface area contributed by atoms with E-state index in [9.17, 15) is 55.5 Å². The normalized spacial score (nSPS) is 48.8. The Hall–Kier alpha value is -2.55.